The van der Waals surface area contributed by atoms with Crippen molar-refractivity contribution in [2.45, 2.75) is 39.3 Å². The Labute approximate surface area is 126 Å². The van der Waals surface area contributed by atoms with Crippen LogP contribution in [0.3, 0.4) is 0 Å². The number of nitrogens with two attached hydrogens (primary N) is 1. The second-order valence-corrected chi connectivity index (χ2v) is 5.93. The van der Waals surface area contributed by atoms with Crippen LogP contribution in [0.2, 0.25) is 0 Å². The molecule has 0 aliphatic rings. The number of rotatable bonds is 5. The molecule has 0 saturated heterocycles. The molecule has 0 unspecified atom stereocenters. The highest BCUT2D eigenvalue weighted by atomic mass is 16.6. The van der Waals surface area contributed by atoms with Gasteiger partial charge < -0.3 is 20.5 Å². The molecule has 0 heterocycles. The third-order valence-corrected chi connectivity index (χ3v) is 2.52. The van der Waals surface area contributed by atoms with E-state index in [-0.39, 0.29) is 6.04 Å². The molecule has 0 aromatic heterocycles. The molecule has 0 spiro atoms. The monoisotopic (exact) mass is 295 g/mol. The van der Waals surface area contributed by atoms with Gasteiger partial charge in [0.2, 0.25) is 0 Å². The van der Waals surface area contributed by atoms with E-state index in [1.54, 1.807) is 25.3 Å². The van der Waals surface area contributed by atoms with Crippen molar-refractivity contribution in [2.75, 3.05) is 30.1 Å². The summed E-state index contributed by atoms with van der Waals surface area (Å²) in [7, 11) is 1.64. The SMILES string of the molecule is COC[C@H](C)Nc1cc(NC(=O)OC(C)(C)C)ccc1N. The minimum Gasteiger partial charge on any atom is -0.444 e. The molecule has 0 fully saturated rings. The molecule has 0 radical (unpaired) electrons. The van der Waals surface area contributed by atoms with Gasteiger partial charge >= 0.3 is 6.09 Å². The Bertz CT molecular complexity index is 484. The molecule has 21 heavy (non-hydrogen) atoms. The quantitative estimate of drug-likeness (QED) is 0.727. The van der Waals surface area contributed by atoms with Crippen LogP contribution in [0.4, 0.5) is 21.9 Å². The lowest BCUT2D eigenvalue weighted by molar-refractivity contribution is 0.0636. The first-order valence-corrected chi connectivity index (χ1v) is 6.86. The molecule has 0 aliphatic heterocycles. The number of ether oxygens (including phenoxy) is 2. The Balaban J connectivity index is 2.75. The minimum atomic E-state index is -0.536. The van der Waals surface area contributed by atoms with E-state index in [2.05, 4.69) is 10.6 Å². The number of benzene rings is 1. The van der Waals surface area contributed by atoms with Gasteiger partial charge in [0.15, 0.2) is 0 Å². The van der Waals surface area contributed by atoms with Crippen molar-refractivity contribution >= 4 is 23.2 Å². The van der Waals surface area contributed by atoms with Crippen LogP contribution in [0, 0.1) is 0 Å². The lowest BCUT2D eigenvalue weighted by Gasteiger charge is -2.20. The summed E-state index contributed by atoms with van der Waals surface area (Å²) in [5, 5.41) is 5.91. The van der Waals surface area contributed by atoms with Gasteiger partial charge in [-0.2, -0.15) is 0 Å². The first-order chi connectivity index (χ1) is 9.71. The number of hydrogen-bond acceptors (Lipinski definition) is 5. The molecule has 1 rings (SSSR count). The fraction of sp³-hybridized carbons (Fsp3) is 0.533. The normalized spacial score (nSPS) is 12.6. The van der Waals surface area contributed by atoms with E-state index < -0.39 is 11.7 Å². The molecular weight excluding hydrogens is 270 g/mol. The van der Waals surface area contributed by atoms with Gasteiger partial charge in [-0.05, 0) is 45.9 Å². The second kappa shape index (κ2) is 7.17. The fourth-order valence-corrected chi connectivity index (χ4v) is 1.74. The van der Waals surface area contributed by atoms with Crippen LogP contribution >= 0.6 is 0 Å². The number of nitrogens with one attached hydrogen (secondary N) is 2. The van der Waals surface area contributed by atoms with Gasteiger partial charge in [-0.1, -0.05) is 0 Å². The van der Waals surface area contributed by atoms with Crippen LogP contribution in [0.15, 0.2) is 18.2 Å². The summed E-state index contributed by atoms with van der Waals surface area (Å²) in [5.41, 5.74) is 7.35. The molecule has 0 saturated carbocycles. The highest BCUT2D eigenvalue weighted by Crippen LogP contribution is 2.24. The standard InChI is InChI=1S/C15H25N3O3/c1-10(9-20-5)17-13-8-11(6-7-12(13)16)18-14(19)21-15(2,3)4/h6-8,10,17H,9,16H2,1-5H3,(H,18,19)/t10-/m0/s1. The van der Waals surface area contributed by atoms with Gasteiger partial charge in [-0.15, -0.1) is 0 Å². The zero-order valence-corrected chi connectivity index (χ0v) is 13.3. The number of methoxy groups -OCH3 is 1. The number of amides is 1. The predicted molar refractivity (Wildman–Crippen MR) is 85.7 cm³/mol. The first-order valence-electron chi connectivity index (χ1n) is 6.86. The molecule has 0 aliphatic carbocycles. The fourth-order valence-electron chi connectivity index (χ4n) is 1.74. The van der Waals surface area contributed by atoms with Crippen LogP contribution in [0.25, 0.3) is 0 Å². The summed E-state index contributed by atoms with van der Waals surface area (Å²) < 4.78 is 10.3. The van der Waals surface area contributed by atoms with Crippen LogP contribution in [-0.2, 0) is 9.47 Å². The molecule has 1 amide bonds. The third kappa shape index (κ3) is 6.35. The number of anilines is 3. The maximum absolute atomic E-state index is 11.7. The van der Waals surface area contributed by atoms with Crippen LogP contribution in [-0.4, -0.2) is 31.5 Å². The van der Waals surface area contributed by atoms with E-state index in [0.29, 0.717) is 18.0 Å². The highest BCUT2D eigenvalue weighted by molar-refractivity contribution is 5.87. The molecule has 6 heteroatoms. The van der Waals surface area contributed by atoms with E-state index in [4.69, 9.17) is 15.2 Å². The first kappa shape index (κ1) is 17.1. The highest BCUT2D eigenvalue weighted by Gasteiger charge is 2.16. The molecule has 1 aromatic carbocycles. The van der Waals surface area contributed by atoms with Crippen molar-refractivity contribution in [1.82, 2.24) is 0 Å². The van der Waals surface area contributed by atoms with Gasteiger partial charge in [0.05, 0.1) is 18.0 Å². The van der Waals surface area contributed by atoms with Crippen molar-refractivity contribution in [2.24, 2.45) is 0 Å². The van der Waals surface area contributed by atoms with E-state index in [1.165, 1.54) is 0 Å². The smallest absolute Gasteiger partial charge is 0.412 e. The average Bonchev–Trinajstić information content (AvgIpc) is 2.31. The van der Waals surface area contributed by atoms with E-state index >= 15 is 0 Å². The van der Waals surface area contributed by atoms with E-state index in [9.17, 15) is 4.79 Å². The molecule has 0 bridgehead atoms. The summed E-state index contributed by atoms with van der Waals surface area (Å²) in [6.07, 6.45) is -0.497. The van der Waals surface area contributed by atoms with Crippen molar-refractivity contribution in [3.63, 3.8) is 0 Å². The van der Waals surface area contributed by atoms with Crippen molar-refractivity contribution in [3.8, 4) is 0 Å². The molecule has 118 valence electrons. The van der Waals surface area contributed by atoms with E-state index in [1.807, 2.05) is 27.7 Å². The van der Waals surface area contributed by atoms with Crippen LogP contribution in [0.1, 0.15) is 27.7 Å². The van der Waals surface area contributed by atoms with E-state index in [0.717, 1.165) is 5.69 Å². The second-order valence-electron chi connectivity index (χ2n) is 5.93. The van der Waals surface area contributed by atoms with Gasteiger partial charge in [0.1, 0.15) is 5.60 Å². The number of nitrogen functional groups attached to an aromatic ring is 1. The summed E-state index contributed by atoms with van der Waals surface area (Å²) >= 11 is 0. The lowest BCUT2D eigenvalue weighted by Crippen LogP contribution is -2.27. The van der Waals surface area contributed by atoms with Crippen LogP contribution in [0.5, 0.6) is 0 Å². The molecule has 1 atom stereocenters. The zero-order valence-electron chi connectivity index (χ0n) is 13.3. The maximum atomic E-state index is 11.7. The van der Waals surface area contributed by atoms with Crippen LogP contribution < -0.4 is 16.4 Å². The van der Waals surface area contributed by atoms with Crippen molar-refractivity contribution < 1.29 is 14.3 Å². The van der Waals surface area contributed by atoms with Gasteiger partial charge in [0.25, 0.3) is 0 Å². The molecule has 6 nitrogen and oxygen atoms in total. The summed E-state index contributed by atoms with van der Waals surface area (Å²) in [6, 6.07) is 5.33. The Morgan fingerprint density at radius 2 is 2.05 bits per heavy atom. The topological polar surface area (TPSA) is 85.6 Å². The number of carbonyl (C=O) groups is 1. The van der Waals surface area contributed by atoms with Crippen molar-refractivity contribution in [1.29, 1.82) is 0 Å². The Morgan fingerprint density at radius 1 is 1.38 bits per heavy atom. The average molecular weight is 295 g/mol. The van der Waals surface area contributed by atoms with Gasteiger partial charge in [-0.3, -0.25) is 5.32 Å². The molecule has 1 aromatic rings. The Kier molecular flexibility index (Phi) is 5.84. The number of carbonyl (C=O) groups excluding carboxylic acids is 1. The van der Waals surface area contributed by atoms with Gasteiger partial charge in [0, 0.05) is 18.8 Å². The van der Waals surface area contributed by atoms with Gasteiger partial charge in [-0.25, -0.2) is 4.79 Å². The summed E-state index contributed by atoms with van der Waals surface area (Å²) in [4.78, 5) is 11.7. The maximum Gasteiger partial charge on any atom is 0.412 e. The number of hydrogen-bond donors (Lipinski definition) is 3. The Hall–Kier alpha value is -1.95. The lowest BCUT2D eigenvalue weighted by atomic mass is 10.2. The molecular formula is C15H25N3O3. The third-order valence-electron chi connectivity index (χ3n) is 2.52. The summed E-state index contributed by atoms with van der Waals surface area (Å²) in [6.45, 7) is 7.99. The predicted octanol–water partition coefficient (Wildman–Crippen LogP) is 3.06. The minimum absolute atomic E-state index is 0.106. The largest absolute Gasteiger partial charge is 0.444 e. The van der Waals surface area contributed by atoms with Crippen molar-refractivity contribution in [3.05, 3.63) is 18.2 Å². The molecule has 4 N–H and O–H groups in total. The Morgan fingerprint density at radius 3 is 2.62 bits per heavy atom. The zero-order chi connectivity index (χ0) is 16.0. The summed E-state index contributed by atoms with van der Waals surface area (Å²) in [5.74, 6) is 0.